The molecule has 0 bridgehead atoms. The maximum atomic E-state index is 8.63. The largest absolute Gasteiger partial charge is 0.469 e. The Kier molecular flexibility index (Phi) is 3.14. The Balaban J connectivity index is 2.62. The molecule has 0 aromatic carbocycles. The normalized spacial score (nSPS) is 10.4. The molecule has 1 heterocycles. The van der Waals surface area contributed by atoms with Gasteiger partial charge in [0.15, 0.2) is 0 Å². The minimum atomic E-state index is 0.115. The Morgan fingerprint density at radius 3 is 3.09 bits per heavy atom. The predicted octanol–water partition coefficient (Wildman–Crippen LogP) is 0.961. The van der Waals surface area contributed by atoms with E-state index in [-0.39, 0.29) is 6.61 Å². The van der Waals surface area contributed by atoms with Gasteiger partial charge in [-0.1, -0.05) is 0 Å². The lowest BCUT2D eigenvalue weighted by molar-refractivity contribution is 0.182. The molecule has 3 heteroatoms. The summed E-state index contributed by atoms with van der Waals surface area (Å²) < 4.78 is 10.0. The first kappa shape index (κ1) is 8.30. The van der Waals surface area contributed by atoms with Crippen molar-refractivity contribution in [2.24, 2.45) is 0 Å². The van der Waals surface area contributed by atoms with E-state index < -0.39 is 0 Å². The molecule has 0 saturated heterocycles. The van der Waals surface area contributed by atoms with Gasteiger partial charge in [-0.2, -0.15) is 0 Å². The Labute approximate surface area is 65.6 Å². The van der Waals surface area contributed by atoms with E-state index in [2.05, 4.69) is 0 Å². The van der Waals surface area contributed by atoms with E-state index in [1.807, 2.05) is 6.07 Å². The smallest absolute Gasteiger partial charge is 0.111 e. The van der Waals surface area contributed by atoms with Crippen molar-refractivity contribution >= 4 is 0 Å². The number of furan rings is 1. The Hall–Kier alpha value is -0.800. The lowest BCUT2D eigenvalue weighted by Crippen LogP contribution is -1.94. The molecule has 0 aliphatic carbocycles. The van der Waals surface area contributed by atoms with Crippen molar-refractivity contribution in [1.82, 2.24) is 0 Å². The molecule has 1 rings (SSSR count). The summed E-state index contributed by atoms with van der Waals surface area (Å²) in [6.07, 6.45) is 2.17. The number of hydrogen-bond donors (Lipinski definition) is 1. The lowest BCUT2D eigenvalue weighted by Gasteiger charge is -1.97. The van der Waals surface area contributed by atoms with Gasteiger partial charge in [0, 0.05) is 19.1 Å². The molecule has 0 unspecified atom stereocenters. The third-order valence-corrected chi connectivity index (χ3v) is 1.48. The molecule has 0 amide bonds. The highest BCUT2D eigenvalue weighted by atomic mass is 16.5. The molecule has 62 valence electrons. The topological polar surface area (TPSA) is 42.6 Å². The van der Waals surface area contributed by atoms with E-state index in [1.165, 1.54) is 0 Å². The van der Waals surface area contributed by atoms with Crippen molar-refractivity contribution in [1.29, 1.82) is 0 Å². The zero-order chi connectivity index (χ0) is 8.10. The minimum absolute atomic E-state index is 0.115. The Bertz CT molecular complexity index is 184. The van der Waals surface area contributed by atoms with Crippen molar-refractivity contribution in [2.45, 2.75) is 13.0 Å². The van der Waals surface area contributed by atoms with Gasteiger partial charge in [-0.25, -0.2) is 0 Å². The van der Waals surface area contributed by atoms with Crippen LogP contribution in [0.2, 0.25) is 0 Å². The molecule has 0 radical (unpaired) electrons. The number of aliphatic hydroxyl groups excluding tert-OH is 1. The quantitative estimate of drug-likeness (QED) is 0.706. The number of aliphatic hydroxyl groups is 1. The maximum Gasteiger partial charge on any atom is 0.111 e. The van der Waals surface area contributed by atoms with Gasteiger partial charge in [-0.3, -0.25) is 0 Å². The summed E-state index contributed by atoms with van der Waals surface area (Å²) in [5.41, 5.74) is 1.02. The van der Waals surface area contributed by atoms with Crippen molar-refractivity contribution in [2.75, 3.05) is 13.7 Å². The van der Waals surface area contributed by atoms with Gasteiger partial charge in [0.2, 0.25) is 0 Å². The summed E-state index contributed by atoms with van der Waals surface area (Å²) >= 11 is 0. The zero-order valence-corrected chi connectivity index (χ0v) is 6.54. The fourth-order valence-corrected chi connectivity index (χ4v) is 0.972. The van der Waals surface area contributed by atoms with E-state index in [4.69, 9.17) is 14.3 Å². The van der Waals surface area contributed by atoms with Crippen LogP contribution in [0.4, 0.5) is 0 Å². The van der Waals surface area contributed by atoms with Gasteiger partial charge in [-0.05, 0) is 6.07 Å². The van der Waals surface area contributed by atoms with Gasteiger partial charge >= 0.3 is 0 Å². The summed E-state index contributed by atoms with van der Waals surface area (Å²) in [4.78, 5) is 0. The monoisotopic (exact) mass is 156 g/mol. The Morgan fingerprint density at radius 2 is 2.45 bits per heavy atom. The second kappa shape index (κ2) is 4.16. The second-order valence-electron chi connectivity index (χ2n) is 2.28. The minimum Gasteiger partial charge on any atom is -0.469 e. The zero-order valence-electron chi connectivity index (χ0n) is 6.54. The van der Waals surface area contributed by atoms with Crippen LogP contribution in [0.5, 0.6) is 0 Å². The van der Waals surface area contributed by atoms with Gasteiger partial charge in [0.25, 0.3) is 0 Å². The van der Waals surface area contributed by atoms with Crippen LogP contribution in [0.15, 0.2) is 16.7 Å². The van der Waals surface area contributed by atoms with Crippen molar-refractivity contribution in [3.05, 3.63) is 23.7 Å². The van der Waals surface area contributed by atoms with Crippen molar-refractivity contribution in [3.63, 3.8) is 0 Å². The maximum absolute atomic E-state index is 8.63. The van der Waals surface area contributed by atoms with Crippen molar-refractivity contribution in [3.8, 4) is 0 Å². The molecule has 0 spiro atoms. The van der Waals surface area contributed by atoms with E-state index in [0.29, 0.717) is 13.0 Å². The van der Waals surface area contributed by atoms with Crippen LogP contribution in [0.25, 0.3) is 0 Å². The molecule has 3 nitrogen and oxygen atoms in total. The summed E-state index contributed by atoms with van der Waals surface area (Å²) in [5, 5.41) is 8.63. The number of methoxy groups -OCH3 is 1. The van der Waals surface area contributed by atoms with E-state index in [9.17, 15) is 0 Å². The van der Waals surface area contributed by atoms with Gasteiger partial charge in [0.05, 0.1) is 19.5 Å². The van der Waals surface area contributed by atoms with Crippen LogP contribution in [0.3, 0.4) is 0 Å². The predicted molar refractivity (Wildman–Crippen MR) is 40.2 cm³/mol. The van der Waals surface area contributed by atoms with Crippen molar-refractivity contribution < 1.29 is 14.3 Å². The highest BCUT2D eigenvalue weighted by Crippen LogP contribution is 2.11. The van der Waals surface area contributed by atoms with E-state index in [1.54, 1.807) is 13.4 Å². The van der Waals surface area contributed by atoms with E-state index in [0.717, 1.165) is 11.3 Å². The molecule has 1 aromatic heterocycles. The van der Waals surface area contributed by atoms with Crippen LogP contribution in [0, 0.1) is 0 Å². The first-order valence-electron chi connectivity index (χ1n) is 3.53. The molecular formula is C8H12O3. The molecule has 0 fully saturated rings. The van der Waals surface area contributed by atoms with Gasteiger partial charge in [-0.15, -0.1) is 0 Å². The molecule has 11 heavy (non-hydrogen) atoms. The third kappa shape index (κ3) is 2.06. The number of rotatable bonds is 4. The fourth-order valence-electron chi connectivity index (χ4n) is 0.972. The second-order valence-corrected chi connectivity index (χ2v) is 2.28. The summed E-state index contributed by atoms with van der Waals surface area (Å²) in [7, 11) is 1.63. The van der Waals surface area contributed by atoms with Gasteiger partial charge in [0.1, 0.15) is 5.76 Å². The molecular weight excluding hydrogens is 144 g/mol. The molecule has 0 saturated carbocycles. The van der Waals surface area contributed by atoms with Crippen LogP contribution in [-0.2, 0) is 17.8 Å². The van der Waals surface area contributed by atoms with Crippen LogP contribution in [0.1, 0.15) is 11.3 Å². The SMILES string of the molecule is COCc1ccoc1CCO. The molecule has 0 aliphatic heterocycles. The summed E-state index contributed by atoms with van der Waals surface area (Å²) in [6.45, 7) is 0.663. The van der Waals surface area contributed by atoms with Crippen LogP contribution in [-0.4, -0.2) is 18.8 Å². The molecule has 0 atom stereocenters. The average molecular weight is 156 g/mol. The highest BCUT2D eigenvalue weighted by molar-refractivity contribution is 5.15. The first-order chi connectivity index (χ1) is 5.38. The van der Waals surface area contributed by atoms with Gasteiger partial charge < -0.3 is 14.3 Å². The Morgan fingerprint density at radius 1 is 1.64 bits per heavy atom. The summed E-state index contributed by atoms with van der Waals surface area (Å²) in [6, 6.07) is 1.86. The molecule has 0 aliphatic rings. The average Bonchev–Trinajstić information content (AvgIpc) is 2.39. The van der Waals surface area contributed by atoms with Crippen LogP contribution >= 0.6 is 0 Å². The molecule has 1 aromatic rings. The lowest BCUT2D eigenvalue weighted by atomic mass is 10.2. The first-order valence-corrected chi connectivity index (χ1v) is 3.53. The van der Waals surface area contributed by atoms with Crippen LogP contribution < -0.4 is 0 Å². The standard InChI is InChI=1S/C8H12O3/c1-10-6-7-3-5-11-8(7)2-4-9/h3,5,9H,2,4,6H2,1H3. The van der Waals surface area contributed by atoms with E-state index >= 15 is 0 Å². The number of ether oxygens (including phenoxy) is 1. The molecule has 1 N–H and O–H groups in total. The third-order valence-electron chi connectivity index (χ3n) is 1.48. The highest BCUT2D eigenvalue weighted by Gasteiger charge is 2.03. The number of hydrogen-bond acceptors (Lipinski definition) is 3. The summed E-state index contributed by atoms with van der Waals surface area (Å²) in [5.74, 6) is 0.814. The fraction of sp³-hybridized carbons (Fsp3) is 0.500.